The van der Waals surface area contributed by atoms with Crippen LogP contribution in [0.2, 0.25) is 0 Å². The van der Waals surface area contributed by atoms with Crippen LogP contribution in [-0.4, -0.2) is 31.9 Å². The number of hydrogen-bond acceptors (Lipinski definition) is 3. The summed E-state index contributed by atoms with van der Waals surface area (Å²) >= 11 is 5.13. The number of nitrogens with two attached hydrogens (primary N) is 1. The van der Waals surface area contributed by atoms with Gasteiger partial charge in [0, 0.05) is 48.5 Å². The third-order valence-electron chi connectivity index (χ3n) is 5.37. The molecule has 0 saturated carbocycles. The van der Waals surface area contributed by atoms with E-state index in [0.29, 0.717) is 30.3 Å². The lowest BCUT2D eigenvalue weighted by molar-refractivity contribution is 0.0742. The molecule has 2 aromatic heterocycles. The van der Waals surface area contributed by atoms with Crippen molar-refractivity contribution in [3.05, 3.63) is 102 Å². The number of fused-ring (bicyclic) bond motifs is 1. The Morgan fingerprint density at radius 3 is 2.55 bits per heavy atom. The van der Waals surface area contributed by atoms with Crippen molar-refractivity contribution in [2.45, 2.75) is 20.0 Å². The van der Waals surface area contributed by atoms with Gasteiger partial charge in [-0.05, 0) is 48.4 Å². The molecule has 156 valence electrons. The highest BCUT2D eigenvalue weighted by molar-refractivity contribution is 7.80. The molecule has 2 N–H and O–H groups in total. The minimum absolute atomic E-state index is 0.000938. The maximum atomic E-state index is 13.6. The minimum atomic E-state index is 0.000938. The fourth-order valence-electron chi connectivity index (χ4n) is 3.76. The number of hydrogen-bond donors (Lipinski definition) is 1. The molecule has 0 aliphatic heterocycles. The van der Waals surface area contributed by atoms with Gasteiger partial charge in [0.2, 0.25) is 0 Å². The van der Waals surface area contributed by atoms with Gasteiger partial charge < -0.3 is 15.2 Å². The van der Waals surface area contributed by atoms with Crippen molar-refractivity contribution in [2.75, 3.05) is 6.54 Å². The van der Waals surface area contributed by atoms with E-state index in [0.717, 1.165) is 27.6 Å². The molecule has 0 aliphatic carbocycles. The normalized spacial score (nSPS) is 10.9. The fourth-order valence-corrected chi connectivity index (χ4v) is 3.89. The summed E-state index contributed by atoms with van der Waals surface area (Å²) < 4.78 is 2.07. The highest BCUT2D eigenvalue weighted by atomic mass is 32.1. The Kier molecular flexibility index (Phi) is 6.09. The SMILES string of the molecule is CCN(Cc1ccncc1)C(=O)c1cc2ccccc2n1Cc1cccc(C(N)=S)c1. The number of thiocarbonyl (C=S) groups is 1. The third-order valence-corrected chi connectivity index (χ3v) is 5.61. The average Bonchev–Trinajstić information content (AvgIpc) is 3.16. The number of pyridine rings is 1. The molecular formula is C25H24N4OS. The Labute approximate surface area is 187 Å². The van der Waals surface area contributed by atoms with Crippen LogP contribution < -0.4 is 5.73 Å². The molecule has 5 nitrogen and oxygen atoms in total. The molecule has 6 heteroatoms. The van der Waals surface area contributed by atoms with Gasteiger partial charge in [-0.25, -0.2) is 0 Å². The van der Waals surface area contributed by atoms with E-state index in [2.05, 4.69) is 9.55 Å². The number of rotatable bonds is 7. The van der Waals surface area contributed by atoms with Crippen LogP contribution in [0.1, 0.15) is 34.1 Å². The molecule has 2 aromatic carbocycles. The molecule has 0 radical (unpaired) electrons. The lowest BCUT2D eigenvalue weighted by atomic mass is 10.1. The Morgan fingerprint density at radius 1 is 1.03 bits per heavy atom. The fraction of sp³-hybridized carbons (Fsp3) is 0.160. The first-order valence-corrected chi connectivity index (χ1v) is 10.6. The monoisotopic (exact) mass is 428 g/mol. The van der Waals surface area contributed by atoms with E-state index in [9.17, 15) is 4.79 Å². The highest BCUT2D eigenvalue weighted by Crippen LogP contribution is 2.23. The molecule has 0 aliphatic rings. The predicted octanol–water partition coefficient (Wildman–Crippen LogP) is 4.38. The van der Waals surface area contributed by atoms with E-state index in [4.69, 9.17) is 18.0 Å². The molecule has 1 amide bonds. The molecule has 0 saturated heterocycles. The predicted molar refractivity (Wildman–Crippen MR) is 128 cm³/mol. The average molecular weight is 429 g/mol. The van der Waals surface area contributed by atoms with Crippen LogP contribution >= 0.6 is 12.2 Å². The van der Waals surface area contributed by atoms with Crippen LogP contribution in [-0.2, 0) is 13.1 Å². The number of benzene rings is 2. The van der Waals surface area contributed by atoms with E-state index < -0.39 is 0 Å². The van der Waals surface area contributed by atoms with Gasteiger partial charge in [-0.3, -0.25) is 9.78 Å². The Hall–Kier alpha value is -3.51. The summed E-state index contributed by atoms with van der Waals surface area (Å²) in [4.78, 5) is 19.9. The first-order chi connectivity index (χ1) is 15.1. The number of nitrogens with zero attached hydrogens (tertiary/aromatic N) is 3. The van der Waals surface area contributed by atoms with Crippen LogP contribution in [0.5, 0.6) is 0 Å². The molecule has 0 bridgehead atoms. The number of carbonyl (C=O) groups is 1. The molecule has 0 fully saturated rings. The minimum Gasteiger partial charge on any atom is -0.389 e. The van der Waals surface area contributed by atoms with Crippen molar-refractivity contribution < 1.29 is 4.79 Å². The van der Waals surface area contributed by atoms with Crippen LogP contribution in [0.4, 0.5) is 0 Å². The molecule has 4 rings (SSSR count). The van der Waals surface area contributed by atoms with Crippen molar-refractivity contribution >= 4 is 34.0 Å². The van der Waals surface area contributed by atoms with E-state index >= 15 is 0 Å². The molecular weight excluding hydrogens is 404 g/mol. The second kappa shape index (κ2) is 9.10. The molecule has 2 heterocycles. The molecule has 4 aromatic rings. The lowest BCUT2D eigenvalue weighted by Crippen LogP contribution is -2.32. The van der Waals surface area contributed by atoms with Gasteiger partial charge >= 0.3 is 0 Å². The van der Waals surface area contributed by atoms with Crippen molar-refractivity contribution in [1.29, 1.82) is 0 Å². The number of para-hydroxylation sites is 1. The van der Waals surface area contributed by atoms with Crippen LogP contribution in [0, 0.1) is 0 Å². The van der Waals surface area contributed by atoms with Crippen molar-refractivity contribution in [1.82, 2.24) is 14.5 Å². The zero-order chi connectivity index (χ0) is 21.8. The molecule has 0 atom stereocenters. The second-order valence-electron chi connectivity index (χ2n) is 7.41. The van der Waals surface area contributed by atoms with Crippen molar-refractivity contribution in [2.24, 2.45) is 5.73 Å². The van der Waals surface area contributed by atoms with E-state index in [1.54, 1.807) is 12.4 Å². The van der Waals surface area contributed by atoms with Crippen molar-refractivity contribution in [3.63, 3.8) is 0 Å². The largest absolute Gasteiger partial charge is 0.389 e. The highest BCUT2D eigenvalue weighted by Gasteiger charge is 2.21. The summed E-state index contributed by atoms with van der Waals surface area (Å²) in [5, 5.41) is 1.04. The third kappa shape index (κ3) is 4.49. The number of carbonyl (C=O) groups excluding carboxylic acids is 1. The summed E-state index contributed by atoms with van der Waals surface area (Å²) in [5.41, 5.74) is 10.4. The summed E-state index contributed by atoms with van der Waals surface area (Å²) in [6.07, 6.45) is 3.50. The smallest absolute Gasteiger partial charge is 0.270 e. The summed E-state index contributed by atoms with van der Waals surface area (Å²) in [6.45, 7) is 3.70. The van der Waals surface area contributed by atoms with Crippen molar-refractivity contribution in [3.8, 4) is 0 Å². The Balaban J connectivity index is 1.73. The molecule has 0 spiro atoms. The van der Waals surface area contributed by atoms with E-state index in [1.165, 1.54) is 0 Å². The number of amides is 1. The van der Waals surface area contributed by atoms with Gasteiger partial charge in [0.05, 0.1) is 0 Å². The maximum Gasteiger partial charge on any atom is 0.270 e. The van der Waals surface area contributed by atoms with Crippen LogP contribution in [0.25, 0.3) is 10.9 Å². The summed E-state index contributed by atoms with van der Waals surface area (Å²) in [5.74, 6) is 0.000938. The first kappa shape index (κ1) is 20.8. The molecule has 0 unspecified atom stereocenters. The topological polar surface area (TPSA) is 64.2 Å². The first-order valence-electron chi connectivity index (χ1n) is 10.2. The van der Waals surface area contributed by atoms with Crippen LogP contribution in [0.3, 0.4) is 0 Å². The Bertz CT molecular complexity index is 1230. The van der Waals surface area contributed by atoms with Gasteiger partial charge in [-0.2, -0.15) is 0 Å². The summed E-state index contributed by atoms with van der Waals surface area (Å²) in [6, 6.07) is 21.8. The van der Waals surface area contributed by atoms with Gasteiger partial charge in [0.1, 0.15) is 10.7 Å². The zero-order valence-corrected chi connectivity index (χ0v) is 18.2. The van der Waals surface area contributed by atoms with Gasteiger partial charge in [-0.15, -0.1) is 0 Å². The summed E-state index contributed by atoms with van der Waals surface area (Å²) in [7, 11) is 0. The molecule has 31 heavy (non-hydrogen) atoms. The number of aromatic nitrogens is 2. The van der Waals surface area contributed by atoms with E-state index in [1.807, 2.05) is 78.6 Å². The quantitative estimate of drug-likeness (QED) is 0.444. The zero-order valence-electron chi connectivity index (χ0n) is 17.4. The second-order valence-corrected chi connectivity index (χ2v) is 7.85. The van der Waals surface area contributed by atoms with Gasteiger partial charge in [-0.1, -0.05) is 48.6 Å². The standard InChI is InChI=1S/C25H24N4OS/c1-2-28(16-18-10-12-27-13-11-18)25(30)23-15-20-7-3-4-9-22(20)29(23)17-19-6-5-8-21(14-19)24(26)31/h3-15H,2,16-17H2,1H3,(H2,26,31). The lowest BCUT2D eigenvalue weighted by Gasteiger charge is -2.22. The van der Waals surface area contributed by atoms with Gasteiger partial charge in [0.25, 0.3) is 5.91 Å². The van der Waals surface area contributed by atoms with Crippen LogP contribution in [0.15, 0.2) is 79.1 Å². The van der Waals surface area contributed by atoms with Gasteiger partial charge in [0.15, 0.2) is 0 Å². The maximum absolute atomic E-state index is 13.6. The Morgan fingerprint density at radius 2 is 1.81 bits per heavy atom. The van der Waals surface area contributed by atoms with E-state index in [-0.39, 0.29) is 5.91 Å².